The molecule has 4 heteroatoms. The summed E-state index contributed by atoms with van der Waals surface area (Å²) >= 11 is 3.52. The SMILES string of the molecule is COc1cc(Br)c(C(C)(C)N)c(C)c1OC. The fourth-order valence-electron chi connectivity index (χ4n) is 1.93. The molecule has 1 aromatic rings. The highest BCUT2D eigenvalue weighted by atomic mass is 79.9. The van der Waals surface area contributed by atoms with Crippen LogP contribution >= 0.6 is 15.9 Å². The maximum absolute atomic E-state index is 6.15. The Morgan fingerprint density at radius 2 is 1.81 bits per heavy atom. The van der Waals surface area contributed by atoms with E-state index in [9.17, 15) is 0 Å². The van der Waals surface area contributed by atoms with Gasteiger partial charge in [0.25, 0.3) is 0 Å². The molecule has 90 valence electrons. The summed E-state index contributed by atoms with van der Waals surface area (Å²) in [5, 5.41) is 0. The molecule has 0 bridgehead atoms. The number of nitrogens with two attached hydrogens (primary N) is 1. The van der Waals surface area contributed by atoms with Crippen molar-refractivity contribution >= 4 is 15.9 Å². The summed E-state index contributed by atoms with van der Waals surface area (Å²) in [7, 11) is 3.25. The van der Waals surface area contributed by atoms with Crippen LogP contribution in [-0.2, 0) is 5.54 Å². The quantitative estimate of drug-likeness (QED) is 0.930. The Hall–Kier alpha value is -0.740. The second-order valence-electron chi connectivity index (χ2n) is 4.32. The first-order chi connectivity index (χ1) is 7.32. The topological polar surface area (TPSA) is 44.5 Å². The average Bonchev–Trinajstić information content (AvgIpc) is 2.14. The number of methoxy groups -OCH3 is 2. The highest BCUT2D eigenvalue weighted by molar-refractivity contribution is 9.10. The molecular formula is C12H18BrNO2. The van der Waals surface area contributed by atoms with E-state index in [0.717, 1.165) is 21.3 Å². The molecule has 0 spiro atoms. The van der Waals surface area contributed by atoms with Crippen LogP contribution in [0.2, 0.25) is 0 Å². The van der Waals surface area contributed by atoms with Gasteiger partial charge in [-0.05, 0) is 32.4 Å². The van der Waals surface area contributed by atoms with Crippen LogP contribution in [0.15, 0.2) is 10.5 Å². The number of rotatable bonds is 3. The first-order valence-electron chi connectivity index (χ1n) is 5.03. The van der Waals surface area contributed by atoms with Crippen molar-refractivity contribution in [2.24, 2.45) is 5.73 Å². The fraction of sp³-hybridized carbons (Fsp3) is 0.500. The smallest absolute Gasteiger partial charge is 0.164 e. The molecule has 16 heavy (non-hydrogen) atoms. The molecule has 0 aliphatic rings. The van der Waals surface area contributed by atoms with E-state index in [1.807, 2.05) is 26.8 Å². The summed E-state index contributed by atoms with van der Waals surface area (Å²) in [5.41, 5.74) is 7.75. The van der Waals surface area contributed by atoms with Crippen LogP contribution in [0.5, 0.6) is 11.5 Å². The third kappa shape index (κ3) is 2.33. The molecule has 0 aliphatic heterocycles. The summed E-state index contributed by atoms with van der Waals surface area (Å²) in [6.45, 7) is 5.91. The minimum absolute atomic E-state index is 0.428. The van der Waals surface area contributed by atoms with Gasteiger partial charge in [0.15, 0.2) is 11.5 Å². The van der Waals surface area contributed by atoms with E-state index >= 15 is 0 Å². The fourth-order valence-corrected chi connectivity index (χ4v) is 2.94. The number of hydrogen-bond donors (Lipinski definition) is 1. The van der Waals surface area contributed by atoms with Crippen molar-refractivity contribution in [3.63, 3.8) is 0 Å². The van der Waals surface area contributed by atoms with E-state index in [0.29, 0.717) is 5.75 Å². The van der Waals surface area contributed by atoms with Crippen molar-refractivity contribution in [1.29, 1.82) is 0 Å². The Balaban J connectivity index is 3.54. The zero-order valence-electron chi connectivity index (χ0n) is 10.3. The van der Waals surface area contributed by atoms with E-state index in [-0.39, 0.29) is 0 Å². The molecule has 0 atom stereocenters. The third-order valence-corrected chi connectivity index (χ3v) is 3.13. The van der Waals surface area contributed by atoms with Crippen molar-refractivity contribution < 1.29 is 9.47 Å². The standard InChI is InChI=1S/C12H18BrNO2/c1-7-10(12(2,3)14)8(13)6-9(15-4)11(7)16-5/h6H,14H2,1-5H3. The monoisotopic (exact) mass is 287 g/mol. The summed E-state index contributed by atoms with van der Waals surface area (Å²) in [5.74, 6) is 1.44. The lowest BCUT2D eigenvalue weighted by Gasteiger charge is -2.25. The molecule has 2 N–H and O–H groups in total. The highest BCUT2D eigenvalue weighted by Gasteiger charge is 2.24. The summed E-state index contributed by atoms with van der Waals surface area (Å²) < 4.78 is 11.6. The van der Waals surface area contributed by atoms with Gasteiger partial charge in [-0.3, -0.25) is 0 Å². The molecule has 0 aromatic heterocycles. The zero-order valence-corrected chi connectivity index (χ0v) is 11.9. The molecule has 0 saturated heterocycles. The van der Waals surface area contributed by atoms with Crippen LogP contribution in [0.25, 0.3) is 0 Å². The number of hydrogen-bond acceptors (Lipinski definition) is 3. The predicted molar refractivity (Wildman–Crippen MR) is 69.2 cm³/mol. The molecule has 0 unspecified atom stereocenters. The number of ether oxygens (including phenoxy) is 2. The van der Waals surface area contributed by atoms with E-state index in [1.54, 1.807) is 14.2 Å². The predicted octanol–water partition coefficient (Wildman–Crippen LogP) is 2.97. The molecule has 0 fully saturated rings. The third-order valence-electron chi connectivity index (χ3n) is 2.50. The number of halogens is 1. The van der Waals surface area contributed by atoms with Gasteiger partial charge in [0.05, 0.1) is 14.2 Å². The van der Waals surface area contributed by atoms with Gasteiger partial charge < -0.3 is 15.2 Å². The van der Waals surface area contributed by atoms with Crippen molar-refractivity contribution in [2.45, 2.75) is 26.3 Å². The van der Waals surface area contributed by atoms with Crippen molar-refractivity contribution in [3.05, 3.63) is 21.7 Å². The highest BCUT2D eigenvalue weighted by Crippen LogP contribution is 2.41. The van der Waals surface area contributed by atoms with Crippen LogP contribution in [-0.4, -0.2) is 14.2 Å². The van der Waals surface area contributed by atoms with E-state index < -0.39 is 5.54 Å². The first kappa shape index (κ1) is 13.3. The average molecular weight is 288 g/mol. The van der Waals surface area contributed by atoms with Gasteiger partial charge in [0.2, 0.25) is 0 Å². The van der Waals surface area contributed by atoms with Gasteiger partial charge in [-0.1, -0.05) is 15.9 Å². The van der Waals surface area contributed by atoms with Crippen LogP contribution in [0.4, 0.5) is 0 Å². The van der Waals surface area contributed by atoms with E-state index in [2.05, 4.69) is 15.9 Å². The largest absolute Gasteiger partial charge is 0.493 e. The van der Waals surface area contributed by atoms with Crippen LogP contribution < -0.4 is 15.2 Å². The second-order valence-corrected chi connectivity index (χ2v) is 5.17. The second kappa shape index (κ2) is 4.63. The molecule has 1 aromatic carbocycles. The van der Waals surface area contributed by atoms with E-state index in [4.69, 9.17) is 15.2 Å². The lowest BCUT2D eigenvalue weighted by molar-refractivity contribution is 0.350. The Bertz CT molecular complexity index is 397. The van der Waals surface area contributed by atoms with Gasteiger partial charge in [0.1, 0.15) is 0 Å². The van der Waals surface area contributed by atoms with Crippen molar-refractivity contribution in [1.82, 2.24) is 0 Å². The first-order valence-corrected chi connectivity index (χ1v) is 5.82. The minimum Gasteiger partial charge on any atom is -0.493 e. The number of benzene rings is 1. The van der Waals surface area contributed by atoms with Crippen molar-refractivity contribution in [2.75, 3.05) is 14.2 Å². The maximum atomic E-state index is 6.15. The van der Waals surface area contributed by atoms with Gasteiger partial charge in [-0.15, -0.1) is 0 Å². The normalized spacial score (nSPS) is 11.4. The molecule has 1 rings (SSSR count). The Kier molecular flexibility index (Phi) is 3.86. The molecule has 0 radical (unpaired) electrons. The lowest BCUT2D eigenvalue weighted by atomic mass is 9.91. The van der Waals surface area contributed by atoms with Gasteiger partial charge in [0, 0.05) is 15.6 Å². The summed E-state index contributed by atoms with van der Waals surface area (Å²) in [6.07, 6.45) is 0. The summed E-state index contributed by atoms with van der Waals surface area (Å²) in [6, 6.07) is 1.88. The maximum Gasteiger partial charge on any atom is 0.164 e. The molecule has 3 nitrogen and oxygen atoms in total. The summed E-state index contributed by atoms with van der Waals surface area (Å²) in [4.78, 5) is 0. The Morgan fingerprint density at radius 1 is 1.25 bits per heavy atom. The molecular weight excluding hydrogens is 270 g/mol. The zero-order chi connectivity index (χ0) is 12.5. The minimum atomic E-state index is -0.428. The van der Waals surface area contributed by atoms with Gasteiger partial charge in [-0.2, -0.15) is 0 Å². The lowest BCUT2D eigenvalue weighted by Crippen LogP contribution is -2.30. The molecule has 0 amide bonds. The van der Waals surface area contributed by atoms with Crippen LogP contribution in [0.1, 0.15) is 25.0 Å². The molecule has 0 heterocycles. The Morgan fingerprint density at radius 3 is 2.19 bits per heavy atom. The van der Waals surface area contributed by atoms with Crippen LogP contribution in [0.3, 0.4) is 0 Å². The van der Waals surface area contributed by atoms with Crippen molar-refractivity contribution in [3.8, 4) is 11.5 Å². The molecule has 0 aliphatic carbocycles. The van der Waals surface area contributed by atoms with Crippen LogP contribution in [0, 0.1) is 6.92 Å². The van der Waals surface area contributed by atoms with Gasteiger partial charge in [-0.25, -0.2) is 0 Å². The molecule has 0 saturated carbocycles. The van der Waals surface area contributed by atoms with Gasteiger partial charge >= 0.3 is 0 Å². The van der Waals surface area contributed by atoms with E-state index in [1.165, 1.54) is 0 Å². The Labute approximate surface area is 105 Å².